The molecule has 25 heteroatoms. The number of carbonyl (C=O) groups is 10. The van der Waals surface area contributed by atoms with Crippen molar-refractivity contribution in [2.45, 2.75) is 121 Å². The number of nitrogens with one attached hydrogen (secondary N) is 7. The van der Waals surface area contributed by atoms with E-state index in [0.717, 1.165) is 21.6 Å². The van der Waals surface area contributed by atoms with Crippen molar-refractivity contribution >= 4 is 80.7 Å². The monoisotopic (exact) mass is 952 g/mol. The lowest BCUT2D eigenvalue weighted by Crippen LogP contribution is -2.61. The highest BCUT2D eigenvalue weighted by molar-refractivity contribution is 8.76. The number of phenolic OH excluding ortho intramolecular Hbond substituents is 1. The number of aliphatic hydroxyl groups excluding tert-OH is 1. The molecular weight excluding hydrogens is 893 g/mol. The molecule has 9 amide bonds. The minimum atomic E-state index is -1.64. The molecule has 2 heterocycles. The predicted octanol–water partition coefficient (Wildman–Crippen LogP) is -3.53. The number of aromatic hydroxyl groups is 1. The number of hydrogen-bond donors (Lipinski definition) is 12. The second kappa shape index (κ2) is 25.7. The number of nitrogens with two attached hydrogens (primary N) is 2. The molecule has 23 nitrogen and oxygen atoms in total. The van der Waals surface area contributed by atoms with E-state index in [1.807, 2.05) is 0 Å². The molecule has 0 spiro atoms. The molecule has 3 rings (SSSR count). The fourth-order valence-electron chi connectivity index (χ4n) is 6.68. The Bertz CT molecular complexity index is 1910. The molecule has 1 aromatic rings. The second-order valence-electron chi connectivity index (χ2n) is 16.2. The lowest BCUT2D eigenvalue weighted by Gasteiger charge is -2.30. The fraction of sp³-hybridized carbons (Fsp3) is 0.600. The maximum atomic E-state index is 14.3. The number of nitrogens with zero attached hydrogens (tertiary/aromatic N) is 1. The van der Waals surface area contributed by atoms with Crippen LogP contribution in [0.5, 0.6) is 5.75 Å². The zero-order valence-corrected chi connectivity index (χ0v) is 38.1. The fourth-order valence-corrected chi connectivity index (χ4v) is 8.96. The van der Waals surface area contributed by atoms with Crippen LogP contribution in [-0.4, -0.2) is 158 Å². The molecule has 2 aliphatic heterocycles. The number of aliphatic carboxylic acids is 1. The predicted molar refractivity (Wildman–Crippen MR) is 237 cm³/mol. The Kier molecular flexibility index (Phi) is 21.2. The molecule has 2 aliphatic rings. The van der Waals surface area contributed by atoms with Crippen LogP contribution in [-0.2, 0) is 54.4 Å². The molecule has 0 bridgehead atoms. The molecule has 0 radical (unpaired) electrons. The van der Waals surface area contributed by atoms with Crippen molar-refractivity contribution < 1.29 is 63.3 Å². The number of rotatable bonds is 9. The van der Waals surface area contributed by atoms with E-state index in [-0.39, 0.29) is 61.8 Å². The number of hydrogen-bond acceptors (Lipinski definition) is 15. The van der Waals surface area contributed by atoms with Gasteiger partial charge < -0.3 is 68.9 Å². The summed E-state index contributed by atoms with van der Waals surface area (Å²) in [5.41, 5.74) is 11.8. The molecule has 0 aromatic heterocycles. The van der Waals surface area contributed by atoms with Crippen LogP contribution < -0.4 is 48.7 Å². The highest BCUT2D eigenvalue weighted by Gasteiger charge is 2.40. The van der Waals surface area contributed by atoms with Crippen LogP contribution in [0.15, 0.2) is 24.3 Å². The maximum absolute atomic E-state index is 14.3. The average Bonchev–Trinajstić information content (AvgIpc) is 3.74. The van der Waals surface area contributed by atoms with Gasteiger partial charge in [0.2, 0.25) is 53.2 Å². The number of phenols is 1. The molecule has 2 fully saturated rings. The van der Waals surface area contributed by atoms with Crippen molar-refractivity contribution in [1.29, 1.82) is 0 Å². The first kappa shape index (κ1) is 53.7. The molecular formula is C40H60N10O13S2. The molecule has 2 saturated heterocycles. The zero-order chi connectivity index (χ0) is 48.5. The minimum absolute atomic E-state index is 0.0535. The van der Waals surface area contributed by atoms with Gasteiger partial charge in [-0.25, -0.2) is 4.79 Å². The van der Waals surface area contributed by atoms with Crippen LogP contribution in [0, 0.1) is 5.92 Å². The lowest BCUT2D eigenvalue weighted by molar-refractivity contribution is -0.143. The summed E-state index contributed by atoms with van der Waals surface area (Å²) in [7, 11) is 1.94. The number of amides is 9. The van der Waals surface area contributed by atoms with E-state index in [9.17, 15) is 63.3 Å². The molecule has 0 aliphatic carbocycles. The van der Waals surface area contributed by atoms with Gasteiger partial charge in [0.1, 0.15) is 54.1 Å². The van der Waals surface area contributed by atoms with Gasteiger partial charge in [0.25, 0.3) is 0 Å². The third-order valence-corrected chi connectivity index (χ3v) is 12.8. The molecule has 0 unspecified atom stereocenters. The number of fused-ring (bicyclic) bond motifs is 1. The third-order valence-electron chi connectivity index (χ3n) is 10.3. The van der Waals surface area contributed by atoms with Crippen molar-refractivity contribution in [3.8, 4) is 5.75 Å². The Balaban J connectivity index is 2.00. The quantitative estimate of drug-likeness (QED) is 0.107. The molecule has 65 heavy (non-hydrogen) atoms. The summed E-state index contributed by atoms with van der Waals surface area (Å²) >= 11 is 0. The highest BCUT2D eigenvalue weighted by Crippen LogP contribution is 2.24. The van der Waals surface area contributed by atoms with Crippen molar-refractivity contribution in [2.75, 3.05) is 24.7 Å². The first-order valence-corrected chi connectivity index (χ1v) is 23.4. The van der Waals surface area contributed by atoms with E-state index in [0.29, 0.717) is 12.0 Å². The molecule has 14 N–H and O–H groups in total. The van der Waals surface area contributed by atoms with E-state index in [2.05, 4.69) is 37.2 Å². The zero-order valence-electron chi connectivity index (χ0n) is 36.5. The smallest absolute Gasteiger partial charge is 0.327 e. The molecule has 0 saturated carbocycles. The summed E-state index contributed by atoms with van der Waals surface area (Å²) in [6.07, 6.45) is -0.330. The van der Waals surface area contributed by atoms with Gasteiger partial charge in [-0.3, -0.25) is 43.2 Å². The van der Waals surface area contributed by atoms with Gasteiger partial charge in [0.15, 0.2) is 0 Å². The largest absolute Gasteiger partial charge is 0.508 e. The summed E-state index contributed by atoms with van der Waals surface area (Å²) in [5.74, 6) is -9.60. The number of benzene rings is 1. The van der Waals surface area contributed by atoms with Crippen LogP contribution in [0.2, 0.25) is 0 Å². The van der Waals surface area contributed by atoms with Gasteiger partial charge in [-0.2, -0.15) is 0 Å². The van der Waals surface area contributed by atoms with Crippen LogP contribution >= 0.6 is 21.6 Å². The average molecular weight is 953 g/mol. The van der Waals surface area contributed by atoms with Gasteiger partial charge in [0.05, 0.1) is 12.6 Å². The number of primary amides is 1. The number of carboxylic acids is 1. The molecule has 1 aromatic carbocycles. The van der Waals surface area contributed by atoms with Crippen LogP contribution in [0.3, 0.4) is 0 Å². The van der Waals surface area contributed by atoms with E-state index in [4.69, 9.17) is 11.5 Å². The second-order valence-corrected chi connectivity index (χ2v) is 18.7. The third kappa shape index (κ3) is 17.0. The topological polar surface area (TPSA) is 371 Å². The summed E-state index contributed by atoms with van der Waals surface area (Å²) < 4.78 is 0. The SMILES string of the molecule is CC(C)C[C@@H]1NC(=O)[C@H](C)NC(=O)[C@@H](N)CSSC[C@@H](C(=O)O)NC(=O)[C@H](CCC(N)=O)NC(=O)[C@H](C)NC(=O)[C@@H]2CCCN2C(=O)[C@H](Cc2ccc(O)cc2)NC(=O)[C@H](CO)NC1=O. The van der Waals surface area contributed by atoms with Crippen molar-refractivity contribution in [3.05, 3.63) is 29.8 Å². The Hall–Kier alpha value is -5.66. The van der Waals surface area contributed by atoms with Crippen molar-refractivity contribution in [1.82, 2.24) is 42.1 Å². The maximum Gasteiger partial charge on any atom is 0.327 e. The summed E-state index contributed by atoms with van der Waals surface area (Å²) in [4.78, 5) is 134. The Morgan fingerprint density at radius 2 is 1.28 bits per heavy atom. The van der Waals surface area contributed by atoms with Gasteiger partial charge >= 0.3 is 5.97 Å². The summed E-state index contributed by atoms with van der Waals surface area (Å²) in [5, 5.41) is 47.3. The lowest BCUT2D eigenvalue weighted by atomic mass is 10.0. The van der Waals surface area contributed by atoms with E-state index in [1.165, 1.54) is 43.0 Å². The van der Waals surface area contributed by atoms with Crippen LogP contribution in [0.25, 0.3) is 0 Å². The van der Waals surface area contributed by atoms with Crippen LogP contribution in [0.4, 0.5) is 0 Å². The highest BCUT2D eigenvalue weighted by atomic mass is 33.1. The Labute approximate surface area is 383 Å². The van der Waals surface area contributed by atoms with E-state index < -0.39 is 120 Å². The number of carboxylic acid groups (broad SMARTS) is 1. The van der Waals surface area contributed by atoms with Gasteiger partial charge in [0, 0.05) is 30.9 Å². The molecule has 360 valence electrons. The van der Waals surface area contributed by atoms with E-state index >= 15 is 0 Å². The van der Waals surface area contributed by atoms with Crippen LogP contribution in [0.1, 0.15) is 65.4 Å². The normalized spacial score (nSPS) is 27.9. The van der Waals surface area contributed by atoms with Crippen molar-refractivity contribution in [3.63, 3.8) is 0 Å². The van der Waals surface area contributed by atoms with Crippen molar-refractivity contribution in [2.24, 2.45) is 17.4 Å². The number of carbonyl (C=O) groups excluding carboxylic acids is 9. The van der Waals surface area contributed by atoms with Gasteiger partial charge in [-0.1, -0.05) is 47.6 Å². The standard InChI is InChI=1S/C40H60N10O13S2/c1-19(2)14-26-36(58)48-28(16-51)37(59)47-27(15-22-7-9-23(52)10-8-22)39(61)50-13-5-6-30(50)38(60)44-21(4)32(54)45-25(11-12-31(42)53)35(57)49-29(40(62)63)18-65-64-17-24(41)34(56)43-20(3)33(55)46-26/h7-10,19-21,24-30,51-52H,5-6,11-18,41H2,1-4H3,(H2,42,53)(H,43,56)(H,44,60)(H,45,54)(H,46,55)(H,47,59)(H,48,58)(H,49,57)(H,62,63)/t20-,21-,24-,25-,26-,27-,28-,29-,30-/m0/s1. The Morgan fingerprint density at radius 1 is 0.738 bits per heavy atom. The number of aliphatic hydroxyl groups is 1. The summed E-state index contributed by atoms with van der Waals surface area (Å²) in [6.45, 7) is 5.30. The Morgan fingerprint density at radius 3 is 1.86 bits per heavy atom. The summed E-state index contributed by atoms with van der Waals surface area (Å²) in [6, 6.07) is -6.48. The molecule has 9 atom stereocenters. The minimum Gasteiger partial charge on any atom is -0.508 e. The van der Waals surface area contributed by atoms with Gasteiger partial charge in [-0.05, 0) is 63.1 Å². The first-order valence-electron chi connectivity index (χ1n) is 20.9. The van der Waals surface area contributed by atoms with E-state index in [1.54, 1.807) is 13.8 Å². The first-order chi connectivity index (χ1) is 30.6. The van der Waals surface area contributed by atoms with Gasteiger partial charge in [-0.15, -0.1) is 0 Å².